The zero-order chi connectivity index (χ0) is 3.41. The van der Waals surface area contributed by atoms with E-state index in [0.29, 0.717) is 0 Å². The van der Waals surface area contributed by atoms with Crippen LogP contribution in [-0.2, 0) is 0 Å². The molecular weight excluding hydrogens is 61.9 g/mol. The zero-order valence-corrected chi connectivity index (χ0v) is 4.57. The van der Waals surface area contributed by atoms with Crippen LogP contribution in [-0.4, -0.2) is 0 Å². The molecule has 24 valence electrons. The van der Waals surface area contributed by atoms with Crippen molar-refractivity contribution >= 4 is 0 Å². The minimum atomic E-state index is 0. The van der Waals surface area contributed by atoms with Gasteiger partial charge in [-0.3, -0.25) is 0 Å². The van der Waals surface area contributed by atoms with Gasteiger partial charge in [0.15, 0.2) is 0 Å². The molecule has 0 aliphatic carbocycles. The Morgan fingerprint density at radius 3 is 1.00 bits per heavy atom. The minimum Gasteiger partial charge on any atom is -0.382 e. The second-order valence-corrected chi connectivity index (χ2v) is 0.471. The molecule has 0 aromatic rings. The Morgan fingerprint density at radius 2 is 1.00 bits per heavy atom. The van der Waals surface area contributed by atoms with Crippen molar-refractivity contribution in [1.82, 2.24) is 0 Å². The molecule has 0 heterocycles. The summed E-state index contributed by atoms with van der Waals surface area (Å²) in [5.41, 5.74) is 0. The monoisotopic (exact) mass is 68.1 g/mol. The first kappa shape index (κ1) is 15.9. The molecule has 0 aliphatic rings. The van der Waals surface area contributed by atoms with Crippen LogP contribution in [0.4, 0.5) is 0 Å². The summed E-state index contributed by atoms with van der Waals surface area (Å²) < 4.78 is 0. The SMILES string of the molecule is [CH2-]C=C[CH2-].[Li+].[Li+]. The Balaban J connectivity index is -0.0000000450. The standard InChI is InChI=1S/C4H6.2Li/c1-3-4-2;;/h3-4H,1-2H2;;/q-2;2*+1. The number of hydrogen-bond acceptors (Lipinski definition) is 0. The molecule has 0 aromatic heterocycles. The fraction of sp³-hybridized carbons (Fsp3) is 0. The summed E-state index contributed by atoms with van der Waals surface area (Å²) >= 11 is 0. The Bertz CT molecular complexity index is 20.7. The summed E-state index contributed by atoms with van der Waals surface area (Å²) in [5.74, 6) is 0. The summed E-state index contributed by atoms with van der Waals surface area (Å²) in [6.07, 6.45) is 3.28. The van der Waals surface area contributed by atoms with Crippen LogP contribution in [0.5, 0.6) is 0 Å². The van der Waals surface area contributed by atoms with Crippen molar-refractivity contribution in [1.29, 1.82) is 0 Å². The van der Waals surface area contributed by atoms with Crippen LogP contribution in [0.3, 0.4) is 0 Å². The summed E-state index contributed by atoms with van der Waals surface area (Å²) in [6, 6.07) is 0. The van der Waals surface area contributed by atoms with Gasteiger partial charge in [0.25, 0.3) is 0 Å². The van der Waals surface area contributed by atoms with Crippen molar-refractivity contribution in [3.63, 3.8) is 0 Å². The van der Waals surface area contributed by atoms with Gasteiger partial charge in [0.2, 0.25) is 0 Å². The van der Waals surface area contributed by atoms with Crippen molar-refractivity contribution in [2.24, 2.45) is 0 Å². The summed E-state index contributed by atoms with van der Waals surface area (Å²) in [5, 5.41) is 0. The van der Waals surface area contributed by atoms with E-state index in [1.165, 1.54) is 0 Å². The number of allylic oxidation sites excluding steroid dienone is 2. The van der Waals surface area contributed by atoms with E-state index >= 15 is 0 Å². The maximum Gasteiger partial charge on any atom is 1.00 e. The van der Waals surface area contributed by atoms with Crippen LogP contribution in [0.25, 0.3) is 0 Å². The van der Waals surface area contributed by atoms with Crippen LogP contribution in [0.2, 0.25) is 0 Å². The molecule has 0 fully saturated rings. The Labute approximate surface area is 63.7 Å². The first-order chi connectivity index (χ1) is 1.91. The summed E-state index contributed by atoms with van der Waals surface area (Å²) in [6.45, 7) is 6.72. The van der Waals surface area contributed by atoms with Gasteiger partial charge < -0.3 is 26.0 Å². The minimum absolute atomic E-state index is 0. The third-order valence-corrected chi connectivity index (χ3v) is 0.167. The molecule has 2 heteroatoms. The van der Waals surface area contributed by atoms with Gasteiger partial charge in [0.05, 0.1) is 0 Å². The average molecular weight is 68.0 g/mol. The second kappa shape index (κ2) is 17.3. The largest absolute Gasteiger partial charge is 1.00 e. The fourth-order valence-corrected chi connectivity index (χ4v) is 0. The smallest absolute Gasteiger partial charge is 0.382 e. The normalized spacial score (nSPS) is 6.00. The molecule has 0 rings (SSSR count). The van der Waals surface area contributed by atoms with Crippen LogP contribution >= 0.6 is 0 Å². The molecule has 0 N–H and O–H groups in total. The summed E-state index contributed by atoms with van der Waals surface area (Å²) in [4.78, 5) is 0. The van der Waals surface area contributed by atoms with Gasteiger partial charge in [0.1, 0.15) is 0 Å². The van der Waals surface area contributed by atoms with Gasteiger partial charge in [-0.2, -0.15) is 0 Å². The van der Waals surface area contributed by atoms with Crippen molar-refractivity contribution in [2.75, 3.05) is 0 Å². The maximum absolute atomic E-state index is 3.36. The van der Waals surface area contributed by atoms with Gasteiger partial charge in [-0.1, -0.05) is 0 Å². The first-order valence-electron chi connectivity index (χ1n) is 1.15. The molecule has 0 spiro atoms. The molecule has 6 heavy (non-hydrogen) atoms. The van der Waals surface area contributed by atoms with E-state index in [1.807, 2.05) is 0 Å². The molecule has 0 aliphatic heterocycles. The molecule has 0 aromatic carbocycles. The number of hydrogen-bond donors (Lipinski definition) is 0. The fourth-order valence-electron chi connectivity index (χ4n) is 0. The van der Waals surface area contributed by atoms with Crippen LogP contribution in [0.15, 0.2) is 12.2 Å². The second-order valence-electron chi connectivity index (χ2n) is 0.471. The van der Waals surface area contributed by atoms with E-state index < -0.39 is 0 Å². The maximum atomic E-state index is 3.36. The molecule has 0 amide bonds. The van der Waals surface area contributed by atoms with Crippen molar-refractivity contribution in [3.8, 4) is 0 Å². The van der Waals surface area contributed by atoms with E-state index in [4.69, 9.17) is 0 Å². The predicted octanol–water partition coefficient (Wildman–Crippen LogP) is -4.78. The third-order valence-electron chi connectivity index (χ3n) is 0.167. The van der Waals surface area contributed by atoms with Crippen molar-refractivity contribution in [3.05, 3.63) is 26.0 Å². The molecule has 0 bridgehead atoms. The van der Waals surface area contributed by atoms with Crippen LogP contribution in [0, 0.1) is 13.8 Å². The Hall–Kier alpha value is 0.675. The van der Waals surface area contributed by atoms with E-state index in [-0.39, 0.29) is 37.7 Å². The number of rotatable bonds is 0. The van der Waals surface area contributed by atoms with E-state index in [9.17, 15) is 0 Å². The molecule has 0 radical (unpaired) electrons. The van der Waals surface area contributed by atoms with Gasteiger partial charge >= 0.3 is 37.7 Å². The van der Waals surface area contributed by atoms with E-state index in [2.05, 4.69) is 13.8 Å². The predicted molar refractivity (Wildman–Crippen MR) is 19.9 cm³/mol. The van der Waals surface area contributed by atoms with Crippen molar-refractivity contribution < 1.29 is 37.7 Å². The molecule has 0 unspecified atom stereocenters. The van der Waals surface area contributed by atoms with Gasteiger partial charge in [-0.15, -0.1) is 0 Å². The van der Waals surface area contributed by atoms with E-state index in [0.717, 1.165) is 0 Å². The average Bonchev–Trinajstić information content (AvgIpc) is 1.37. The molecule has 0 saturated carbocycles. The zero-order valence-electron chi connectivity index (χ0n) is 4.57. The Kier molecular flexibility index (Phi) is 46.0. The molecule has 0 saturated heterocycles. The van der Waals surface area contributed by atoms with Crippen LogP contribution < -0.4 is 37.7 Å². The molecular formula is C4H6Li2. The van der Waals surface area contributed by atoms with Gasteiger partial charge in [0, 0.05) is 0 Å². The van der Waals surface area contributed by atoms with Gasteiger partial charge in [-0.05, 0) is 0 Å². The quantitative estimate of drug-likeness (QED) is 0.197. The van der Waals surface area contributed by atoms with E-state index in [1.54, 1.807) is 12.2 Å². The Morgan fingerprint density at radius 1 is 0.833 bits per heavy atom. The molecule has 0 nitrogen and oxygen atoms in total. The molecule has 0 atom stereocenters. The van der Waals surface area contributed by atoms with Gasteiger partial charge in [-0.25, -0.2) is 0 Å². The first-order valence-corrected chi connectivity index (χ1v) is 1.15. The topological polar surface area (TPSA) is 0 Å². The van der Waals surface area contributed by atoms with Crippen LogP contribution in [0.1, 0.15) is 0 Å². The van der Waals surface area contributed by atoms with Crippen molar-refractivity contribution in [2.45, 2.75) is 0 Å². The third kappa shape index (κ3) is 22.5. The summed E-state index contributed by atoms with van der Waals surface area (Å²) in [7, 11) is 0.